The molecule has 0 aromatic heterocycles. The Kier molecular flexibility index (Phi) is 5.43. The number of hydrogen-bond donors (Lipinski definition) is 0. The quantitative estimate of drug-likeness (QED) is 0.744. The first-order chi connectivity index (χ1) is 8.70. The molecule has 0 heterocycles. The van der Waals surface area contributed by atoms with Crippen molar-refractivity contribution < 1.29 is 17.4 Å². The monoisotopic (exact) mass is 302 g/mol. The highest BCUT2D eigenvalue weighted by atomic mass is 32.2. The number of carbonyl (C=O) groups excluding carboxylic acids is 1. The molecule has 1 aromatic rings. The van der Waals surface area contributed by atoms with Crippen molar-refractivity contribution in [1.82, 2.24) is 0 Å². The minimum Gasteiger partial charge on any atom is -0.293 e. The van der Waals surface area contributed by atoms with Gasteiger partial charge in [-0.2, -0.15) is 0 Å². The van der Waals surface area contributed by atoms with E-state index in [4.69, 9.17) is 0 Å². The third-order valence-corrected chi connectivity index (χ3v) is 5.57. The summed E-state index contributed by atoms with van der Waals surface area (Å²) < 4.78 is 33.9. The minimum absolute atomic E-state index is 0.00238. The second-order valence-electron chi connectivity index (χ2n) is 4.59. The van der Waals surface area contributed by atoms with Crippen molar-refractivity contribution in [3.05, 3.63) is 35.4 Å². The van der Waals surface area contributed by atoms with Gasteiger partial charge in [-0.15, -0.1) is 0 Å². The van der Waals surface area contributed by atoms with Crippen LogP contribution in [0.4, 0.5) is 0 Å². The molecule has 0 bridgehead atoms. The van der Waals surface area contributed by atoms with Gasteiger partial charge < -0.3 is 0 Å². The van der Waals surface area contributed by atoms with E-state index in [-0.39, 0.29) is 17.3 Å². The van der Waals surface area contributed by atoms with Gasteiger partial charge in [0.05, 0.1) is 11.0 Å². The molecule has 4 nitrogen and oxygen atoms in total. The summed E-state index contributed by atoms with van der Waals surface area (Å²) in [5, 5.41) is -0.690. The fourth-order valence-electron chi connectivity index (χ4n) is 1.48. The first-order valence-corrected chi connectivity index (χ1v) is 9.31. The van der Waals surface area contributed by atoms with Crippen molar-refractivity contribution in [1.29, 1.82) is 0 Å². The number of sulfone groups is 1. The Balaban J connectivity index is 2.71. The van der Waals surface area contributed by atoms with Gasteiger partial charge >= 0.3 is 0 Å². The zero-order valence-corrected chi connectivity index (χ0v) is 12.9. The summed E-state index contributed by atoms with van der Waals surface area (Å²) in [5.41, 5.74) is 1.55. The number of carbonyl (C=O) groups is 1. The zero-order valence-electron chi connectivity index (χ0n) is 11.3. The molecule has 0 aliphatic heterocycles. The van der Waals surface area contributed by atoms with Crippen molar-refractivity contribution in [3.8, 4) is 0 Å². The van der Waals surface area contributed by atoms with Gasteiger partial charge in [-0.05, 0) is 13.8 Å². The van der Waals surface area contributed by atoms with Crippen LogP contribution in [0.5, 0.6) is 0 Å². The SMILES string of the molecule is Cc1ccc(C(=O)C(C)S(=O)CCS(C)(=O)=O)cc1. The molecular formula is C13H18O4S2. The van der Waals surface area contributed by atoms with Gasteiger partial charge in [-0.25, -0.2) is 8.42 Å². The predicted octanol–water partition coefficient (Wildman–Crippen LogP) is 1.36. The van der Waals surface area contributed by atoms with E-state index in [0.29, 0.717) is 5.56 Å². The summed E-state index contributed by atoms with van der Waals surface area (Å²) in [6.07, 6.45) is 1.09. The molecule has 2 unspecified atom stereocenters. The van der Waals surface area contributed by atoms with Crippen molar-refractivity contribution in [3.63, 3.8) is 0 Å². The van der Waals surface area contributed by atoms with Crippen LogP contribution in [0.25, 0.3) is 0 Å². The summed E-state index contributed by atoms with van der Waals surface area (Å²) >= 11 is 0. The average molecular weight is 302 g/mol. The highest BCUT2D eigenvalue weighted by Crippen LogP contribution is 2.10. The van der Waals surface area contributed by atoms with Gasteiger partial charge in [-0.1, -0.05) is 29.8 Å². The molecule has 1 rings (SSSR count). The standard InChI is InChI=1S/C13H18O4S2/c1-10-4-6-12(7-5-10)13(14)11(2)18(15)8-9-19(3,16)17/h4-7,11H,8-9H2,1-3H3. The van der Waals surface area contributed by atoms with Crippen molar-refractivity contribution >= 4 is 26.4 Å². The summed E-state index contributed by atoms with van der Waals surface area (Å²) in [7, 11) is -4.63. The van der Waals surface area contributed by atoms with E-state index in [1.165, 1.54) is 0 Å². The lowest BCUT2D eigenvalue weighted by atomic mass is 10.1. The second kappa shape index (κ2) is 6.43. The lowest BCUT2D eigenvalue weighted by Crippen LogP contribution is -2.27. The van der Waals surface area contributed by atoms with E-state index >= 15 is 0 Å². The fourth-order valence-corrected chi connectivity index (χ4v) is 4.08. The number of hydrogen-bond acceptors (Lipinski definition) is 4. The average Bonchev–Trinajstić information content (AvgIpc) is 2.34. The van der Waals surface area contributed by atoms with Crippen LogP contribution >= 0.6 is 0 Å². The Morgan fingerprint density at radius 1 is 1.26 bits per heavy atom. The molecule has 0 saturated carbocycles. The van der Waals surface area contributed by atoms with Crippen LogP contribution in [0.1, 0.15) is 22.8 Å². The molecule has 1 aromatic carbocycles. The molecule has 106 valence electrons. The molecule has 0 aliphatic rings. The van der Waals surface area contributed by atoms with Crippen molar-refractivity contribution in [2.45, 2.75) is 19.1 Å². The van der Waals surface area contributed by atoms with Crippen LogP contribution in [-0.2, 0) is 20.6 Å². The predicted molar refractivity (Wildman–Crippen MR) is 77.7 cm³/mol. The largest absolute Gasteiger partial charge is 0.293 e. The Bertz CT molecular complexity index is 573. The molecule has 6 heteroatoms. The Morgan fingerprint density at radius 2 is 1.79 bits per heavy atom. The van der Waals surface area contributed by atoms with Crippen LogP contribution in [0, 0.1) is 6.92 Å². The molecule has 0 aliphatic carbocycles. The summed E-state index contributed by atoms with van der Waals surface area (Å²) in [6.45, 7) is 3.49. The van der Waals surface area contributed by atoms with E-state index in [1.807, 2.05) is 19.1 Å². The van der Waals surface area contributed by atoms with E-state index in [9.17, 15) is 17.4 Å². The molecule has 0 radical (unpaired) electrons. The molecule has 0 amide bonds. The summed E-state index contributed by atoms with van der Waals surface area (Å²) in [4.78, 5) is 12.1. The molecular weight excluding hydrogens is 284 g/mol. The van der Waals surface area contributed by atoms with Crippen LogP contribution in [0.3, 0.4) is 0 Å². The van der Waals surface area contributed by atoms with Crippen molar-refractivity contribution in [2.75, 3.05) is 17.8 Å². The van der Waals surface area contributed by atoms with E-state index in [1.54, 1.807) is 19.1 Å². The number of Topliss-reactive ketones (excluding diaryl/α,β-unsaturated/α-hetero) is 1. The van der Waals surface area contributed by atoms with Gasteiger partial charge in [-0.3, -0.25) is 9.00 Å². The van der Waals surface area contributed by atoms with Gasteiger partial charge in [0, 0.05) is 28.4 Å². The molecule has 0 spiro atoms. The van der Waals surface area contributed by atoms with Crippen LogP contribution in [-0.4, -0.2) is 41.4 Å². The van der Waals surface area contributed by atoms with E-state index in [0.717, 1.165) is 11.8 Å². The highest BCUT2D eigenvalue weighted by molar-refractivity contribution is 7.92. The van der Waals surface area contributed by atoms with E-state index < -0.39 is 25.9 Å². The summed E-state index contributed by atoms with van der Waals surface area (Å²) in [6, 6.07) is 7.03. The smallest absolute Gasteiger partial charge is 0.178 e. The normalized spacial score (nSPS) is 14.9. The third kappa shape index (κ3) is 5.24. The maximum Gasteiger partial charge on any atom is 0.178 e. The number of aryl methyl sites for hydroxylation is 1. The van der Waals surface area contributed by atoms with Gasteiger partial charge in [0.2, 0.25) is 0 Å². The number of ketones is 1. The lowest BCUT2D eigenvalue weighted by molar-refractivity contribution is 0.0992. The number of rotatable bonds is 6. The molecule has 2 atom stereocenters. The van der Waals surface area contributed by atoms with Gasteiger partial charge in [0.1, 0.15) is 9.84 Å². The Hall–Kier alpha value is -1.01. The topological polar surface area (TPSA) is 68.3 Å². The third-order valence-electron chi connectivity index (χ3n) is 2.75. The zero-order chi connectivity index (χ0) is 14.6. The molecule has 0 saturated heterocycles. The van der Waals surface area contributed by atoms with Crippen LogP contribution < -0.4 is 0 Å². The Labute approximate surface area is 116 Å². The van der Waals surface area contributed by atoms with E-state index in [2.05, 4.69) is 0 Å². The molecule has 0 N–H and O–H groups in total. The van der Waals surface area contributed by atoms with Gasteiger partial charge in [0.15, 0.2) is 5.78 Å². The summed E-state index contributed by atoms with van der Waals surface area (Å²) in [5.74, 6) is -0.380. The van der Waals surface area contributed by atoms with Crippen LogP contribution in [0.15, 0.2) is 24.3 Å². The molecule has 19 heavy (non-hydrogen) atoms. The minimum atomic E-state index is -3.15. The highest BCUT2D eigenvalue weighted by Gasteiger charge is 2.22. The van der Waals surface area contributed by atoms with Crippen LogP contribution in [0.2, 0.25) is 0 Å². The first kappa shape index (κ1) is 16.0. The second-order valence-corrected chi connectivity index (χ2v) is 8.72. The van der Waals surface area contributed by atoms with Gasteiger partial charge in [0.25, 0.3) is 0 Å². The first-order valence-electron chi connectivity index (χ1n) is 5.86. The maximum absolute atomic E-state index is 12.1. The fraction of sp³-hybridized carbons (Fsp3) is 0.462. The maximum atomic E-state index is 12.1. The Morgan fingerprint density at radius 3 is 2.26 bits per heavy atom. The molecule has 0 fully saturated rings. The number of benzene rings is 1. The van der Waals surface area contributed by atoms with Crippen molar-refractivity contribution in [2.24, 2.45) is 0 Å². The lowest BCUT2D eigenvalue weighted by Gasteiger charge is -2.10.